The quantitative estimate of drug-likeness (QED) is 0.0687. The standard InChI is InChI=1S/C35H42N6O5/c1-4-6-7-11-22-46-35(44)39-33(36)25-14-17-27(18-15-25)37-24-31-38-29-23-26(16-19-30(29)40(31)3)34(43)41(21-20-32(42)45-5-2)28-12-9-8-10-13-28/h8-10,12-19,23,37H,4-7,11,20-22,24H2,1-3H3,(H2,36,39,44). The van der Waals surface area contributed by atoms with Crippen LogP contribution >= 0.6 is 0 Å². The summed E-state index contributed by atoms with van der Waals surface area (Å²) in [6.45, 7) is 5.12. The molecule has 0 bridgehead atoms. The van der Waals surface area contributed by atoms with Crippen LogP contribution in [0.25, 0.3) is 11.0 Å². The van der Waals surface area contributed by atoms with Crippen LogP contribution in [0.2, 0.25) is 0 Å². The van der Waals surface area contributed by atoms with Gasteiger partial charge in [-0.25, -0.2) is 9.78 Å². The van der Waals surface area contributed by atoms with Gasteiger partial charge in [0.05, 0.1) is 37.2 Å². The Morgan fingerprint density at radius 1 is 0.935 bits per heavy atom. The SMILES string of the molecule is CCCCCCOC(=O)/N=C(\N)c1ccc(NCc2nc3cc(C(=O)N(CCC(=O)OCC)c4ccccc4)ccc3n2C)cc1. The van der Waals surface area contributed by atoms with E-state index in [-0.39, 0.29) is 37.3 Å². The number of unbranched alkanes of at least 4 members (excludes halogenated alkanes) is 3. The fourth-order valence-electron chi connectivity index (χ4n) is 4.91. The lowest BCUT2D eigenvalue weighted by Crippen LogP contribution is -2.33. The lowest BCUT2D eigenvalue weighted by Gasteiger charge is -2.22. The minimum absolute atomic E-state index is 0.0855. The molecule has 4 rings (SSSR count). The Hall–Kier alpha value is -5.19. The van der Waals surface area contributed by atoms with Gasteiger partial charge in [0.1, 0.15) is 11.7 Å². The number of imidazole rings is 1. The first-order chi connectivity index (χ1) is 22.3. The van der Waals surface area contributed by atoms with Crippen molar-refractivity contribution in [3.8, 4) is 0 Å². The van der Waals surface area contributed by atoms with E-state index in [0.29, 0.717) is 35.5 Å². The maximum atomic E-state index is 13.7. The Kier molecular flexibility index (Phi) is 12.3. The molecular formula is C35H42N6O5. The normalized spacial score (nSPS) is 11.3. The van der Waals surface area contributed by atoms with Crippen molar-refractivity contribution in [2.75, 3.05) is 30.0 Å². The van der Waals surface area contributed by atoms with Crippen molar-refractivity contribution in [2.24, 2.45) is 17.8 Å². The predicted octanol–water partition coefficient (Wildman–Crippen LogP) is 6.21. The Bertz CT molecular complexity index is 1650. The number of aryl methyl sites for hydroxylation is 1. The van der Waals surface area contributed by atoms with Crippen LogP contribution in [0.3, 0.4) is 0 Å². The van der Waals surface area contributed by atoms with Gasteiger partial charge in [-0.3, -0.25) is 9.59 Å². The number of hydrogen-bond acceptors (Lipinski definition) is 7. The molecule has 11 heteroatoms. The highest BCUT2D eigenvalue weighted by Gasteiger charge is 2.20. The summed E-state index contributed by atoms with van der Waals surface area (Å²) in [7, 11) is 1.92. The number of aromatic nitrogens is 2. The van der Waals surface area contributed by atoms with Crippen molar-refractivity contribution in [3.05, 3.63) is 89.7 Å². The van der Waals surface area contributed by atoms with Gasteiger partial charge in [0, 0.05) is 36.1 Å². The minimum Gasteiger partial charge on any atom is -0.466 e. The number of anilines is 2. The third-order valence-corrected chi connectivity index (χ3v) is 7.44. The summed E-state index contributed by atoms with van der Waals surface area (Å²) in [6.07, 6.45) is 3.44. The van der Waals surface area contributed by atoms with Crippen molar-refractivity contribution < 1.29 is 23.9 Å². The Morgan fingerprint density at radius 3 is 2.39 bits per heavy atom. The summed E-state index contributed by atoms with van der Waals surface area (Å²) in [5, 5.41) is 3.35. The molecule has 0 radical (unpaired) electrons. The van der Waals surface area contributed by atoms with Crippen LogP contribution in [0.1, 0.15) is 67.7 Å². The number of fused-ring (bicyclic) bond motifs is 1. The van der Waals surface area contributed by atoms with E-state index in [1.54, 1.807) is 36.1 Å². The third kappa shape index (κ3) is 9.16. The number of benzene rings is 3. The molecule has 0 spiro atoms. The predicted molar refractivity (Wildman–Crippen MR) is 180 cm³/mol. The fourth-order valence-corrected chi connectivity index (χ4v) is 4.91. The largest absolute Gasteiger partial charge is 0.466 e. The molecule has 1 heterocycles. The van der Waals surface area contributed by atoms with Gasteiger partial charge in [-0.2, -0.15) is 4.99 Å². The molecule has 4 aromatic rings. The van der Waals surface area contributed by atoms with Crippen molar-refractivity contribution >= 4 is 46.2 Å². The summed E-state index contributed by atoms with van der Waals surface area (Å²) >= 11 is 0. The highest BCUT2D eigenvalue weighted by molar-refractivity contribution is 6.08. The molecule has 3 N–H and O–H groups in total. The molecule has 11 nitrogen and oxygen atoms in total. The molecule has 0 aliphatic rings. The topological polar surface area (TPSA) is 141 Å². The van der Waals surface area contributed by atoms with Gasteiger partial charge in [0.15, 0.2) is 0 Å². The number of nitrogens with zero attached hydrogens (tertiary/aromatic N) is 4. The number of esters is 1. The second-order valence-corrected chi connectivity index (χ2v) is 10.7. The summed E-state index contributed by atoms with van der Waals surface area (Å²) in [6, 6.07) is 21.9. The zero-order valence-corrected chi connectivity index (χ0v) is 26.7. The second-order valence-electron chi connectivity index (χ2n) is 10.7. The highest BCUT2D eigenvalue weighted by atomic mass is 16.5. The van der Waals surface area contributed by atoms with Crippen molar-refractivity contribution in [1.29, 1.82) is 0 Å². The molecule has 0 atom stereocenters. The van der Waals surface area contributed by atoms with E-state index in [9.17, 15) is 14.4 Å². The van der Waals surface area contributed by atoms with E-state index in [1.165, 1.54) is 0 Å². The number of nitrogens with one attached hydrogen (secondary N) is 1. The zero-order chi connectivity index (χ0) is 32.9. The molecule has 0 saturated heterocycles. The summed E-state index contributed by atoms with van der Waals surface area (Å²) in [5.74, 6) is 0.282. The maximum absolute atomic E-state index is 13.7. The summed E-state index contributed by atoms with van der Waals surface area (Å²) in [5.41, 5.74) is 10.2. The average Bonchev–Trinajstić information content (AvgIpc) is 3.38. The van der Waals surface area contributed by atoms with Crippen LogP contribution in [-0.2, 0) is 27.9 Å². The van der Waals surface area contributed by atoms with Crippen molar-refractivity contribution in [1.82, 2.24) is 9.55 Å². The first-order valence-corrected chi connectivity index (χ1v) is 15.6. The van der Waals surface area contributed by atoms with Gasteiger partial charge in [-0.05, 0) is 67.9 Å². The fraction of sp³-hybridized carbons (Fsp3) is 0.343. The molecule has 3 aromatic carbocycles. The Balaban J connectivity index is 1.41. The lowest BCUT2D eigenvalue weighted by atomic mass is 10.1. The molecule has 0 aliphatic carbocycles. The monoisotopic (exact) mass is 626 g/mol. The van der Waals surface area contributed by atoms with Crippen molar-refractivity contribution in [2.45, 2.75) is 52.5 Å². The number of rotatable bonds is 15. The minimum atomic E-state index is -0.688. The van der Waals surface area contributed by atoms with Crippen LogP contribution in [0.5, 0.6) is 0 Å². The number of amides is 2. The van der Waals surface area contributed by atoms with E-state index < -0.39 is 6.09 Å². The first-order valence-electron chi connectivity index (χ1n) is 15.6. The number of para-hydroxylation sites is 1. The van der Waals surface area contributed by atoms with Crippen LogP contribution in [0.15, 0.2) is 77.8 Å². The molecule has 242 valence electrons. The average molecular weight is 627 g/mol. The number of carbonyl (C=O) groups is 3. The Labute approximate surface area is 269 Å². The Morgan fingerprint density at radius 2 is 1.67 bits per heavy atom. The summed E-state index contributed by atoms with van der Waals surface area (Å²) < 4.78 is 12.2. The van der Waals surface area contributed by atoms with E-state index in [4.69, 9.17) is 20.2 Å². The first kappa shape index (κ1) is 33.7. The van der Waals surface area contributed by atoms with Gasteiger partial charge < -0.3 is 30.0 Å². The molecular weight excluding hydrogens is 584 g/mol. The number of amidine groups is 1. The van der Waals surface area contributed by atoms with Crippen LogP contribution in [0, 0.1) is 0 Å². The number of ether oxygens (including phenoxy) is 2. The van der Waals surface area contributed by atoms with Gasteiger partial charge in [0.25, 0.3) is 5.91 Å². The van der Waals surface area contributed by atoms with Crippen LogP contribution in [0.4, 0.5) is 16.2 Å². The molecule has 46 heavy (non-hydrogen) atoms. The summed E-state index contributed by atoms with van der Waals surface area (Å²) in [4.78, 5) is 47.9. The molecule has 2 amide bonds. The molecule has 0 unspecified atom stereocenters. The number of nitrogens with two attached hydrogens (primary N) is 1. The second kappa shape index (κ2) is 16.8. The smallest absolute Gasteiger partial charge is 0.435 e. The van der Waals surface area contributed by atoms with E-state index in [2.05, 4.69) is 17.2 Å². The van der Waals surface area contributed by atoms with E-state index in [0.717, 1.165) is 42.7 Å². The van der Waals surface area contributed by atoms with E-state index in [1.807, 2.05) is 60.1 Å². The van der Waals surface area contributed by atoms with Gasteiger partial charge in [0.2, 0.25) is 0 Å². The lowest BCUT2D eigenvalue weighted by molar-refractivity contribution is -0.142. The van der Waals surface area contributed by atoms with Gasteiger partial charge in [-0.15, -0.1) is 0 Å². The van der Waals surface area contributed by atoms with Gasteiger partial charge >= 0.3 is 12.1 Å². The molecule has 1 aromatic heterocycles. The number of hydrogen-bond donors (Lipinski definition) is 2. The van der Waals surface area contributed by atoms with Crippen molar-refractivity contribution in [3.63, 3.8) is 0 Å². The third-order valence-electron chi connectivity index (χ3n) is 7.44. The maximum Gasteiger partial charge on any atom is 0.435 e. The molecule has 0 saturated carbocycles. The zero-order valence-electron chi connectivity index (χ0n) is 26.7. The van der Waals surface area contributed by atoms with Crippen LogP contribution in [-0.4, -0.2) is 53.1 Å². The molecule has 0 aliphatic heterocycles. The van der Waals surface area contributed by atoms with Crippen LogP contribution < -0.4 is 16.0 Å². The number of carbonyl (C=O) groups excluding carboxylic acids is 3. The highest BCUT2D eigenvalue weighted by Crippen LogP contribution is 2.22. The number of aliphatic imine (C=N–C) groups is 1. The molecule has 0 fully saturated rings. The van der Waals surface area contributed by atoms with Gasteiger partial charge in [-0.1, -0.05) is 44.4 Å². The van der Waals surface area contributed by atoms with E-state index >= 15 is 0 Å².